The number of nitrogens with one attached hydrogen (secondary N) is 1. The van der Waals surface area contributed by atoms with Crippen LogP contribution in [0.5, 0.6) is 0 Å². The number of hydrogen-bond acceptors (Lipinski definition) is 8. The van der Waals surface area contributed by atoms with Gasteiger partial charge in [-0.2, -0.15) is 0 Å². The third kappa shape index (κ3) is 4.93. The van der Waals surface area contributed by atoms with Crippen LogP contribution in [0.1, 0.15) is 40.3 Å². The average molecular weight is 534 g/mol. The molecule has 0 aliphatic carbocycles. The topological polar surface area (TPSA) is 171 Å². The van der Waals surface area contributed by atoms with Crippen LogP contribution in [0.2, 0.25) is 0 Å². The molecule has 1 aromatic heterocycles. The normalized spacial score (nSPS) is 28.3. The number of aromatic amines is 1. The Morgan fingerprint density at radius 3 is 2.39 bits per heavy atom. The number of hydrogen-bond donors (Lipinski definition) is 5. The highest BCUT2D eigenvalue weighted by Gasteiger charge is 2.49. The zero-order valence-corrected chi connectivity index (χ0v) is 18.7. The fourth-order valence-electron chi connectivity index (χ4n) is 2.75. The number of nitrogens with zero attached hydrogens (tertiary/aromatic N) is 1. The standard InChI is InChI=1S/C15H24IN2O9P/c1-14(2,27-28(24,25)15(3,4)23)5-8-9(19)10(20)12(26-8)18-6-7(16)11(21)17-13(18)22/h6,8-10,12,19-20,23H,5H2,1-4H3,(H,24,25)(H,17,21,22)/t8?,9-,10-,12?/m1/s1. The van der Waals surface area contributed by atoms with Crippen LogP contribution in [0.3, 0.4) is 0 Å². The molecular weight excluding hydrogens is 510 g/mol. The third-order valence-corrected chi connectivity index (χ3v) is 7.18. The molecule has 0 saturated carbocycles. The van der Waals surface area contributed by atoms with Crippen LogP contribution in [0.15, 0.2) is 15.8 Å². The first kappa shape index (κ1) is 23.7. The van der Waals surface area contributed by atoms with Crippen LogP contribution in [0.25, 0.3) is 0 Å². The van der Waals surface area contributed by atoms with Crippen LogP contribution >= 0.6 is 30.2 Å². The lowest BCUT2D eigenvalue weighted by Gasteiger charge is -2.34. The van der Waals surface area contributed by atoms with Gasteiger partial charge in [-0.1, -0.05) is 0 Å². The lowest BCUT2D eigenvalue weighted by atomic mass is 9.97. The highest BCUT2D eigenvalue weighted by molar-refractivity contribution is 14.1. The maximum Gasteiger partial charge on any atom is 0.359 e. The van der Waals surface area contributed by atoms with Gasteiger partial charge < -0.3 is 29.5 Å². The minimum atomic E-state index is -4.42. The number of aliphatic hydroxyl groups excluding tert-OH is 2. The van der Waals surface area contributed by atoms with Gasteiger partial charge in [0.2, 0.25) is 0 Å². The van der Waals surface area contributed by atoms with Gasteiger partial charge in [0.05, 0.1) is 15.3 Å². The second-order valence-electron chi connectivity index (χ2n) is 7.76. The molecule has 160 valence electrons. The molecule has 1 aromatic rings. The number of rotatable bonds is 6. The zero-order chi connectivity index (χ0) is 21.7. The molecule has 1 fully saturated rings. The molecule has 0 radical (unpaired) electrons. The second kappa shape index (κ2) is 7.91. The van der Waals surface area contributed by atoms with Crippen molar-refractivity contribution in [1.29, 1.82) is 0 Å². The first-order valence-corrected chi connectivity index (χ1v) is 11.0. The molecular formula is C15H24IN2O9P. The summed E-state index contributed by atoms with van der Waals surface area (Å²) in [5.41, 5.74) is -2.74. The Morgan fingerprint density at radius 2 is 1.86 bits per heavy atom. The molecule has 0 bridgehead atoms. The van der Waals surface area contributed by atoms with E-state index in [1.54, 1.807) is 22.6 Å². The van der Waals surface area contributed by atoms with E-state index < -0.39 is 54.3 Å². The first-order chi connectivity index (χ1) is 12.6. The fraction of sp³-hybridized carbons (Fsp3) is 0.733. The van der Waals surface area contributed by atoms with Crippen LogP contribution in [-0.4, -0.2) is 59.0 Å². The summed E-state index contributed by atoms with van der Waals surface area (Å²) in [6.45, 7) is 5.20. The highest BCUT2D eigenvalue weighted by Crippen LogP contribution is 2.57. The lowest BCUT2D eigenvalue weighted by Crippen LogP contribution is -2.39. The SMILES string of the molecule is CC(C)(CC1OC(n2cc(I)c(=O)[nH]c2=O)[C@H](O)[C@@H]1O)OP(=O)(O)C(C)(C)O. The zero-order valence-electron chi connectivity index (χ0n) is 15.7. The molecule has 0 spiro atoms. The van der Waals surface area contributed by atoms with Gasteiger partial charge in [0.1, 0.15) is 12.2 Å². The minimum Gasteiger partial charge on any atom is -0.388 e. The molecule has 0 aromatic carbocycles. The Bertz CT molecular complexity index is 891. The molecule has 0 amide bonds. The monoisotopic (exact) mass is 534 g/mol. The molecule has 11 nitrogen and oxygen atoms in total. The minimum absolute atomic E-state index is 0.127. The van der Waals surface area contributed by atoms with E-state index in [0.717, 1.165) is 18.4 Å². The fourth-order valence-corrected chi connectivity index (χ4v) is 4.15. The van der Waals surface area contributed by atoms with Crippen molar-refractivity contribution in [2.75, 3.05) is 0 Å². The van der Waals surface area contributed by atoms with E-state index in [1.807, 2.05) is 0 Å². The smallest absolute Gasteiger partial charge is 0.359 e. The predicted molar refractivity (Wildman–Crippen MR) is 106 cm³/mol. The molecule has 3 unspecified atom stereocenters. The van der Waals surface area contributed by atoms with Crippen molar-refractivity contribution in [3.05, 3.63) is 30.6 Å². The van der Waals surface area contributed by atoms with E-state index in [-0.39, 0.29) is 9.99 Å². The largest absolute Gasteiger partial charge is 0.388 e. The van der Waals surface area contributed by atoms with Gasteiger partial charge in [0.15, 0.2) is 11.6 Å². The molecule has 5 atom stereocenters. The van der Waals surface area contributed by atoms with E-state index in [0.29, 0.717) is 0 Å². The summed E-state index contributed by atoms with van der Waals surface area (Å²) in [5, 5.41) is 28.4. The van der Waals surface area contributed by atoms with Crippen molar-refractivity contribution in [2.45, 2.75) is 69.6 Å². The summed E-state index contributed by atoms with van der Waals surface area (Å²) in [6, 6.07) is 0. The van der Waals surface area contributed by atoms with Crippen molar-refractivity contribution in [3.8, 4) is 0 Å². The first-order valence-electron chi connectivity index (χ1n) is 8.34. The maximum atomic E-state index is 12.2. The Kier molecular flexibility index (Phi) is 6.69. The average Bonchev–Trinajstić information content (AvgIpc) is 2.76. The van der Waals surface area contributed by atoms with Gasteiger partial charge in [0.25, 0.3) is 5.56 Å². The number of aliphatic hydroxyl groups is 3. The quantitative estimate of drug-likeness (QED) is 0.246. The summed E-state index contributed by atoms with van der Waals surface area (Å²) in [6.07, 6.45) is -4.17. The van der Waals surface area contributed by atoms with Crippen LogP contribution in [0.4, 0.5) is 0 Å². The van der Waals surface area contributed by atoms with Crippen molar-refractivity contribution >= 4 is 30.2 Å². The van der Waals surface area contributed by atoms with E-state index >= 15 is 0 Å². The Hall–Kier alpha value is -0.600. The Balaban J connectivity index is 2.23. The van der Waals surface area contributed by atoms with Gasteiger partial charge in [-0.05, 0) is 50.3 Å². The summed E-state index contributed by atoms with van der Waals surface area (Å²) < 4.78 is 24.2. The molecule has 1 saturated heterocycles. The van der Waals surface area contributed by atoms with Gasteiger partial charge in [-0.15, -0.1) is 0 Å². The molecule has 2 rings (SSSR count). The van der Waals surface area contributed by atoms with Crippen LogP contribution in [-0.2, 0) is 13.8 Å². The molecule has 1 aliphatic heterocycles. The summed E-state index contributed by atoms with van der Waals surface area (Å²) in [5.74, 6) is 0. The van der Waals surface area contributed by atoms with Gasteiger partial charge >= 0.3 is 13.3 Å². The van der Waals surface area contributed by atoms with Gasteiger partial charge in [-0.25, -0.2) is 4.79 Å². The van der Waals surface area contributed by atoms with Crippen molar-refractivity contribution in [3.63, 3.8) is 0 Å². The third-order valence-electron chi connectivity index (χ3n) is 4.29. The summed E-state index contributed by atoms with van der Waals surface area (Å²) >= 11 is 1.71. The molecule has 5 N–H and O–H groups in total. The van der Waals surface area contributed by atoms with E-state index in [9.17, 15) is 34.4 Å². The van der Waals surface area contributed by atoms with Crippen LogP contribution in [0, 0.1) is 3.57 Å². The van der Waals surface area contributed by atoms with E-state index in [2.05, 4.69) is 4.98 Å². The number of aromatic nitrogens is 2. The van der Waals surface area contributed by atoms with E-state index in [4.69, 9.17) is 9.26 Å². The molecule has 1 aliphatic rings. The van der Waals surface area contributed by atoms with Crippen molar-refractivity contribution < 1.29 is 34.0 Å². The maximum absolute atomic E-state index is 12.2. The molecule has 2 heterocycles. The van der Waals surface area contributed by atoms with Gasteiger partial charge in [-0.3, -0.25) is 18.9 Å². The van der Waals surface area contributed by atoms with Gasteiger partial charge in [0, 0.05) is 12.6 Å². The molecule has 13 heteroatoms. The number of ether oxygens (including phenoxy) is 1. The van der Waals surface area contributed by atoms with Crippen molar-refractivity contribution in [1.82, 2.24) is 9.55 Å². The predicted octanol–water partition coefficient (Wildman–Crippen LogP) is -0.141. The highest BCUT2D eigenvalue weighted by atomic mass is 127. The lowest BCUT2D eigenvalue weighted by molar-refractivity contribution is -0.0660. The summed E-state index contributed by atoms with van der Waals surface area (Å²) in [4.78, 5) is 35.6. The number of H-pyrrole nitrogens is 1. The Morgan fingerprint density at radius 1 is 1.29 bits per heavy atom. The van der Waals surface area contributed by atoms with Crippen molar-refractivity contribution in [2.24, 2.45) is 0 Å². The van der Waals surface area contributed by atoms with E-state index in [1.165, 1.54) is 20.0 Å². The number of halogens is 1. The second-order valence-corrected chi connectivity index (χ2v) is 11.2. The summed E-state index contributed by atoms with van der Waals surface area (Å²) in [7, 11) is -4.42. The Labute approximate surface area is 174 Å². The molecule has 28 heavy (non-hydrogen) atoms. The van der Waals surface area contributed by atoms with Crippen LogP contribution < -0.4 is 11.2 Å².